The quantitative estimate of drug-likeness (QED) is 0.554. The molecule has 0 aromatic heterocycles. The van der Waals surface area contributed by atoms with Crippen molar-refractivity contribution >= 4 is 11.6 Å². The van der Waals surface area contributed by atoms with Crippen LogP contribution in [-0.4, -0.2) is 18.7 Å². The Morgan fingerprint density at radius 3 is 2.47 bits per heavy atom. The number of ketones is 2. The van der Waals surface area contributed by atoms with Gasteiger partial charge in [0.05, 0.1) is 7.11 Å². The molecule has 0 spiro atoms. The van der Waals surface area contributed by atoms with Crippen molar-refractivity contribution < 1.29 is 14.3 Å². The third kappa shape index (κ3) is 3.41. The van der Waals surface area contributed by atoms with Gasteiger partial charge in [-0.25, -0.2) is 0 Å². The topological polar surface area (TPSA) is 43.4 Å². The molecule has 0 aromatic rings. The van der Waals surface area contributed by atoms with Crippen LogP contribution < -0.4 is 0 Å². The van der Waals surface area contributed by atoms with Gasteiger partial charge in [0.2, 0.25) is 0 Å². The van der Waals surface area contributed by atoms with Crippen LogP contribution in [-0.2, 0) is 14.3 Å². The van der Waals surface area contributed by atoms with Crippen LogP contribution in [0.5, 0.6) is 0 Å². The van der Waals surface area contributed by atoms with Gasteiger partial charge in [0.15, 0.2) is 17.3 Å². The van der Waals surface area contributed by atoms with Gasteiger partial charge in [-0.05, 0) is 36.6 Å². The minimum absolute atomic E-state index is 0.0273. The van der Waals surface area contributed by atoms with Crippen LogP contribution in [0.3, 0.4) is 0 Å². The molecular weight excluding hydrogens is 216 g/mol. The van der Waals surface area contributed by atoms with Gasteiger partial charge in [-0.3, -0.25) is 9.59 Å². The Labute approximate surface area is 102 Å². The second kappa shape index (κ2) is 5.62. The number of hydrogen-bond donors (Lipinski definition) is 0. The number of rotatable bonds is 4. The lowest BCUT2D eigenvalue weighted by Gasteiger charge is -2.12. The summed E-state index contributed by atoms with van der Waals surface area (Å²) in [5, 5.41) is 0. The van der Waals surface area contributed by atoms with Gasteiger partial charge >= 0.3 is 0 Å². The van der Waals surface area contributed by atoms with Crippen LogP contribution in [0.2, 0.25) is 0 Å². The van der Waals surface area contributed by atoms with Crippen molar-refractivity contribution in [2.24, 2.45) is 5.92 Å². The lowest BCUT2D eigenvalue weighted by molar-refractivity contribution is -0.119. The Kier molecular flexibility index (Phi) is 4.44. The second-order valence-corrected chi connectivity index (χ2v) is 4.53. The first-order valence-electron chi connectivity index (χ1n) is 5.68. The SMILES string of the molecule is COC(C(=O)CC(C)C)=C1C=CC(=O)C(C)=C1. The Morgan fingerprint density at radius 1 is 1.35 bits per heavy atom. The van der Waals surface area contributed by atoms with Crippen LogP contribution in [0.15, 0.2) is 35.1 Å². The highest BCUT2D eigenvalue weighted by Crippen LogP contribution is 2.19. The van der Waals surface area contributed by atoms with E-state index in [1.165, 1.54) is 13.2 Å². The molecule has 0 radical (unpaired) electrons. The number of carbonyl (C=O) groups excluding carboxylic acids is 2. The van der Waals surface area contributed by atoms with E-state index >= 15 is 0 Å². The fourth-order valence-corrected chi connectivity index (χ4v) is 1.65. The van der Waals surface area contributed by atoms with E-state index in [1.54, 1.807) is 19.1 Å². The summed E-state index contributed by atoms with van der Waals surface area (Å²) in [6.45, 7) is 5.69. The van der Waals surface area contributed by atoms with E-state index in [1.807, 2.05) is 13.8 Å². The molecule has 0 aliphatic heterocycles. The van der Waals surface area contributed by atoms with Crippen molar-refractivity contribution in [2.45, 2.75) is 27.2 Å². The average Bonchev–Trinajstić information content (AvgIpc) is 2.23. The monoisotopic (exact) mass is 234 g/mol. The Balaban J connectivity index is 3.04. The Bertz CT molecular complexity index is 423. The molecule has 0 saturated heterocycles. The minimum Gasteiger partial charge on any atom is -0.492 e. The largest absolute Gasteiger partial charge is 0.492 e. The zero-order valence-electron chi connectivity index (χ0n) is 10.7. The summed E-state index contributed by atoms with van der Waals surface area (Å²) >= 11 is 0. The van der Waals surface area contributed by atoms with Gasteiger partial charge in [0.1, 0.15) is 0 Å². The third-order valence-electron chi connectivity index (χ3n) is 2.49. The molecule has 1 aliphatic rings. The highest BCUT2D eigenvalue weighted by Gasteiger charge is 2.17. The summed E-state index contributed by atoms with van der Waals surface area (Å²) in [6.07, 6.45) is 5.24. The molecule has 0 fully saturated rings. The number of hydrogen-bond acceptors (Lipinski definition) is 3. The molecule has 3 nitrogen and oxygen atoms in total. The van der Waals surface area contributed by atoms with Gasteiger partial charge in [-0.2, -0.15) is 0 Å². The summed E-state index contributed by atoms with van der Waals surface area (Å²) in [4.78, 5) is 23.2. The van der Waals surface area contributed by atoms with E-state index in [4.69, 9.17) is 4.74 Å². The van der Waals surface area contributed by atoms with Gasteiger partial charge < -0.3 is 4.74 Å². The molecule has 0 unspecified atom stereocenters. The molecule has 17 heavy (non-hydrogen) atoms. The molecule has 0 heterocycles. The van der Waals surface area contributed by atoms with Gasteiger partial charge in [-0.15, -0.1) is 0 Å². The van der Waals surface area contributed by atoms with E-state index in [2.05, 4.69) is 0 Å². The van der Waals surface area contributed by atoms with Crippen LogP contribution >= 0.6 is 0 Å². The number of allylic oxidation sites excluding steroid dienone is 6. The molecule has 92 valence electrons. The van der Waals surface area contributed by atoms with E-state index in [0.29, 0.717) is 23.3 Å². The van der Waals surface area contributed by atoms with Crippen molar-refractivity contribution in [3.8, 4) is 0 Å². The summed E-state index contributed by atoms with van der Waals surface area (Å²) < 4.78 is 5.16. The number of carbonyl (C=O) groups is 2. The normalized spacial score (nSPS) is 18.2. The first-order valence-corrected chi connectivity index (χ1v) is 5.68. The molecule has 0 saturated carbocycles. The van der Waals surface area contributed by atoms with Gasteiger partial charge in [-0.1, -0.05) is 13.8 Å². The smallest absolute Gasteiger partial charge is 0.198 e. The number of methoxy groups -OCH3 is 1. The van der Waals surface area contributed by atoms with E-state index in [9.17, 15) is 9.59 Å². The molecule has 3 heteroatoms. The van der Waals surface area contributed by atoms with E-state index < -0.39 is 0 Å². The van der Waals surface area contributed by atoms with E-state index in [0.717, 1.165) is 0 Å². The van der Waals surface area contributed by atoms with Gasteiger partial charge in [0, 0.05) is 12.0 Å². The van der Waals surface area contributed by atoms with Crippen LogP contribution in [0, 0.1) is 5.92 Å². The third-order valence-corrected chi connectivity index (χ3v) is 2.49. The maximum absolute atomic E-state index is 11.9. The van der Waals surface area contributed by atoms with Crippen LogP contribution in [0.25, 0.3) is 0 Å². The van der Waals surface area contributed by atoms with Crippen LogP contribution in [0.4, 0.5) is 0 Å². The highest BCUT2D eigenvalue weighted by atomic mass is 16.5. The van der Waals surface area contributed by atoms with Crippen molar-refractivity contribution in [1.29, 1.82) is 0 Å². The number of ether oxygens (including phenoxy) is 1. The molecule has 1 aliphatic carbocycles. The zero-order valence-corrected chi connectivity index (χ0v) is 10.7. The minimum atomic E-state index is -0.0273. The summed E-state index contributed by atoms with van der Waals surface area (Å²) in [5.74, 6) is 0.565. The van der Waals surface area contributed by atoms with Crippen molar-refractivity contribution in [1.82, 2.24) is 0 Å². The van der Waals surface area contributed by atoms with Crippen LogP contribution in [0.1, 0.15) is 27.2 Å². The maximum Gasteiger partial charge on any atom is 0.198 e. The predicted molar refractivity (Wildman–Crippen MR) is 66.4 cm³/mol. The standard InChI is InChI=1S/C14H18O3/c1-9(2)7-13(16)14(17-4)11-5-6-12(15)10(3)8-11/h5-6,8-9H,7H2,1-4H3. The highest BCUT2D eigenvalue weighted by molar-refractivity contribution is 6.06. The second-order valence-electron chi connectivity index (χ2n) is 4.53. The number of Topliss-reactive ketones (excluding diaryl/α,β-unsaturated/α-hetero) is 1. The van der Waals surface area contributed by atoms with Crippen molar-refractivity contribution in [3.63, 3.8) is 0 Å². The first-order chi connectivity index (χ1) is 7.95. The molecule has 0 N–H and O–H groups in total. The molecule has 0 atom stereocenters. The predicted octanol–water partition coefficient (Wildman–Crippen LogP) is 2.59. The molecular formula is C14H18O3. The molecule has 0 amide bonds. The maximum atomic E-state index is 11.9. The van der Waals surface area contributed by atoms with Crippen molar-refractivity contribution in [2.75, 3.05) is 7.11 Å². The molecule has 0 bridgehead atoms. The van der Waals surface area contributed by atoms with E-state index in [-0.39, 0.29) is 17.5 Å². The zero-order chi connectivity index (χ0) is 13.0. The van der Waals surface area contributed by atoms with Crippen molar-refractivity contribution in [3.05, 3.63) is 35.1 Å². The Morgan fingerprint density at radius 2 is 2.00 bits per heavy atom. The fourth-order valence-electron chi connectivity index (χ4n) is 1.65. The first kappa shape index (κ1) is 13.4. The summed E-state index contributed by atoms with van der Waals surface area (Å²) in [6, 6.07) is 0. The molecule has 1 rings (SSSR count). The summed E-state index contributed by atoms with van der Waals surface area (Å²) in [5.41, 5.74) is 1.30. The van der Waals surface area contributed by atoms with Gasteiger partial charge in [0.25, 0.3) is 0 Å². The molecule has 0 aromatic carbocycles. The summed E-state index contributed by atoms with van der Waals surface area (Å²) in [7, 11) is 1.48. The lowest BCUT2D eigenvalue weighted by Crippen LogP contribution is -2.11. The Hall–Kier alpha value is -1.64. The average molecular weight is 234 g/mol. The fraction of sp³-hybridized carbons (Fsp3) is 0.429. The lowest BCUT2D eigenvalue weighted by atomic mass is 9.97.